The van der Waals surface area contributed by atoms with Crippen LogP contribution in [0, 0.1) is 0 Å². The third kappa shape index (κ3) is 7.94. The second kappa shape index (κ2) is 12.7. The normalized spacial score (nSPS) is 11.9. The molecular weight excluding hydrogens is 462 g/mol. The van der Waals surface area contributed by atoms with Gasteiger partial charge in [-0.15, -0.1) is 0 Å². The molecule has 3 aromatic rings. The molecule has 0 fully saturated rings. The van der Waals surface area contributed by atoms with Gasteiger partial charge in [-0.2, -0.15) is 0 Å². The predicted molar refractivity (Wildman–Crippen MR) is 124 cm³/mol. The maximum atomic E-state index is 12.4. The van der Waals surface area contributed by atoms with Gasteiger partial charge in [0.15, 0.2) is 11.6 Å². The van der Waals surface area contributed by atoms with Gasteiger partial charge in [-0.05, 0) is 36.3 Å². The summed E-state index contributed by atoms with van der Waals surface area (Å²) < 4.78 is 22.1. The zero-order valence-electron chi connectivity index (χ0n) is 18.8. The second-order valence-corrected chi connectivity index (χ2v) is 8.45. The van der Waals surface area contributed by atoms with Crippen LogP contribution in [-0.2, 0) is 9.09 Å². The van der Waals surface area contributed by atoms with Crippen LogP contribution in [0.2, 0.25) is 0 Å². The fourth-order valence-electron chi connectivity index (χ4n) is 2.97. The van der Waals surface area contributed by atoms with Crippen LogP contribution in [-0.4, -0.2) is 11.6 Å². The summed E-state index contributed by atoms with van der Waals surface area (Å²) in [5.41, 5.74) is 1.72. The minimum atomic E-state index is -4.76. The molecule has 0 aliphatic rings. The van der Waals surface area contributed by atoms with Crippen molar-refractivity contribution in [2.75, 3.05) is 0 Å². The molecule has 0 saturated carbocycles. The van der Waals surface area contributed by atoms with Crippen LogP contribution in [0.4, 0.5) is 0 Å². The Morgan fingerprint density at radius 1 is 0.765 bits per heavy atom. The second-order valence-electron chi connectivity index (χ2n) is 7.19. The van der Waals surface area contributed by atoms with Crippen molar-refractivity contribution in [1.29, 1.82) is 0 Å². The molecule has 0 N–H and O–H groups in total. The first-order chi connectivity index (χ1) is 15.7. The maximum absolute atomic E-state index is 12.4. The molecule has 0 aliphatic carbocycles. The first-order valence-electron chi connectivity index (χ1n) is 10.1. The minimum Gasteiger partial charge on any atom is -0.736 e. The van der Waals surface area contributed by atoms with Gasteiger partial charge >= 0.3 is 37.4 Å². The SMILES string of the molecule is C=C(CCC(=C)C(=O)c1ccccc1)OP(=O)([O-])Oc1ccc(C(=O)c2ccccc2)cc1.[Na+]. The van der Waals surface area contributed by atoms with Crippen LogP contribution >= 0.6 is 7.82 Å². The van der Waals surface area contributed by atoms with E-state index in [9.17, 15) is 19.0 Å². The van der Waals surface area contributed by atoms with E-state index < -0.39 is 7.82 Å². The quantitative estimate of drug-likeness (QED) is 0.137. The van der Waals surface area contributed by atoms with Gasteiger partial charge in [-0.1, -0.05) is 73.8 Å². The third-order valence-corrected chi connectivity index (χ3v) is 5.59. The molecule has 0 spiro atoms. The van der Waals surface area contributed by atoms with Crippen molar-refractivity contribution in [3.63, 3.8) is 0 Å². The van der Waals surface area contributed by atoms with Crippen LogP contribution in [0.25, 0.3) is 0 Å². The molecule has 0 heterocycles. The fraction of sp³-hybridized carbons (Fsp3) is 0.0769. The van der Waals surface area contributed by atoms with E-state index >= 15 is 0 Å². The number of hydrogen-bond acceptors (Lipinski definition) is 6. The van der Waals surface area contributed by atoms with Crippen molar-refractivity contribution in [3.8, 4) is 5.75 Å². The number of phosphoric ester groups is 1. The molecule has 0 saturated heterocycles. The van der Waals surface area contributed by atoms with Gasteiger partial charge in [0, 0.05) is 23.1 Å². The van der Waals surface area contributed by atoms with Crippen molar-refractivity contribution in [2.45, 2.75) is 12.8 Å². The summed E-state index contributed by atoms with van der Waals surface area (Å²) in [5.74, 6) is -0.502. The molecule has 3 rings (SSSR count). The van der Waals surface area contributed by atoms with Gasteiger partial charge in [-0.3, -0.25) is 9.59 Å². The van der Waals surface area contributed by atoms with Crippen molar-refractivity contribution >= 4 is 19.4 Å². The van der Waals surface area contributed by atoms with Crippen LogP contribution in [0.15, 0.2) is 109 Å². The fourth-order valence-corrected chi connectivity index (χ4v) is 3.80. The molecule has 0 aliphatic heterocycles. The number of carbonyl (C=O) groups is 2. The van der Waals surface area contributed by atoms with E-state index in [1.807, 2.05) is 6.07 Å². The Morgan fingerprint density at radius 3 is 1.82 bits per heavy atom. The van der Waals surface area contributed by atoms with Gasteiger partial charge < -0.3 is 13.9 Å². The van der Waals surface area contributed by atoms with Gasteiger partial charge in [0.25, 0.3) is 0 Å². The van der Waals surface area contributed by atoms with Crippen LogP contribution < -0.4 is 39.0 Å². The van der Waals surface area contributed by atoms with Crippen molar-refractivity contribution in [1.82, 2.24) is 0 Å². The number of benzene rings is 3. The number of ketones is 2. The summed E-state index contributed by atoms with van der Waals surface area (Å²) in [7, 11) is -4.76. The zero-order valence-corrected chi connectivity index (χ0v) is 21.7. The molecule has 0 radical (unpaired) electrons. The van der Waals surface area contributed by atoms with Crippen molar-refractivity contribution in [3.05, 3.63) is 126 Å². The maximum Gasteiger partial charge on any atom is 1.00 e. The molecule has 1 atom stereocenters. The van der Waals surface area contributed by atoms with Crippen LogP contribution in [0.1, 0.15) is 39.1 Å². The Kier molecular flexibility index (Phi) is 10.2. The number of hydrogen-bond donors (Lipinski definition) is 0. The summed E-state index contributed by atoms with van der Waals surface area (Å²) >= 11 is 0. The molecule has 0 amide bonds. The Labute approximate surface area is 220 Å². The van der Waals surface area contributed by atoms with E-state index in [0.29, 0.717) is 22.3 Å². The molecular formula is C26H22NaO6P. The van der Waals surface area contributed by atoms with Crippen molar-refractivity contribution in [2.24, 2.45) is 0 Å². The van der Waals surface area contributed by atoms with Gasteiger partial charge in [0.2, 0.25) is 0 Å². The Balaban J connectivity index is 0.00000408. The Morgan fingerprint density at radius 2 is 1.26 bits per heavy atom. The minimum absolute atomic E-state index is 0. The average Bonchev–Trinajstić information content (AvgIpc) is 2.82. The van der Waals surface area contributed by atoms with Crippen LogP contribution in [0.3, 0.4) is 0 Å². The average molecular weight is 484 g/mol. The molecule has 34 heavy (non-hydrogen) atoms. The molecule has 0 bridgehead atoms. The molecule has 0 aromatic heterocycles. The number of carbonyl (C=O) groups excluding carboxylic acids is 2. The summed E-state index contributed by atoms with van der Waals surface area (Å²) in [6.07, 6.45) is 0.264. The van der Waals surface area contributed by atoms with Crippen molar-refractivity contribution < 1.29 is 57.7 Å². The van der Waals surface area contributed by atoms with Gasteiger partial charge in [0.1, 0.15) is 5.75 Å². The largest absolute Gasteiger partial charge is 1.00 e. The standard InChI is InChI=1S/C26H23O6P.Na/c1-19(25(27)21-9-5-3-6-10-21)13-14-20(2)31-33(29,30)32-24-17-15-23(16-18-24)26(28)22-11-7-4-8-12-22;/h3-12,15-18H,1-2,13-14H2,(H,29,30);/q;+1/p-1. The monoisotopic (exact) mass is 484 g/mol. The Hall–Kier alpha value is -2.73. The summed E-state index contributed by atoms with van der Waals surface area (Å²) in [4.78, 5) is 37.0. The summed E-state index contributed by atoms with van der Waals surface area (Å²) in [6.45, 7) is 7.34. The molecule has 3 aromatic carbocycles. The first-order valence-corrected chi connectivity index (χ1v) is 11.6. The van der Waals surface area contributed by atoms with E-state index in [1.165, 1.54) is 24.3 Å². The molecule has 8 heteroatoms. The van der Waals surface area contributed by atoms with E-state index in [2.05, 4.69) is 13.2 Å². The summed E-state index contributed by atoms with van der Waals surface area (Å²) in [6, 6.07) is 23.0. The molecule has 6 nitrogen and oxygen atoms in total. The van der Waals surface area contributed by atoms with Gasteiger partial charge in [0.05, 0.1) is 5.76 Å². The van der Waals surface area contributed by atoms with E-state index in [-0.39, 0.29) is 65.5 Å². The van der Waals surface area contributed by atoms with Gasteiger partial charge in [-0.25, -0.2) is 4.57 Å². The first kappa shape index (κ1) is 27.5. The number of phosphoric acid groups is 1. The number of rotatable bonds is 11. The molecule has 168 valence electrons. The van der Waals surface area contributed by atoms with E-state index in [1.54, 1.807) is 54.6 Å². The summed E-state index contributed by atoms with van der Waals surface area (Å²) in [5, 5.41) is 0. The number of allylic oxidation sites excluding steroid dienone is 2. The third-order valence-electron chi connectivity index (χ3n) is 4.67. The zero-order chi connectivity index (χ0) is 23.8. The van der Waals surface area contributed by atoms with Crippen LogP contribution in [0.5, 0.6) is 5.75 Å². The van der Waals surface area contributed by atoms with E-state index in [4.69, 9.17) is 9.05 Å². The smallest absolute Gasteiger partial charge is 0.736 e. The predicted octanol–water partition coefficient (Wildman–Crippen LogP) is 2.52. The van der Waals surface area contributed by atoms with E-state index in [0.717, 1.165) is 0 Å². The Bertz CT molecular complexity index is 1210. The topological polar surface area (TPSA) is 92.7 Å². The molecule has 1 unspecified atom stereocenters. The number of Topliss-reactive ketones (excluding diaryl/α,β-unsaturated/α-hetero) is 1.